The fraction of sp³-hybridized carbons (Fsp3) is 0.571. The first-order chi connectivity index (χ1) is 13.4. The fourth-order valence-corrected chi connectivity index (χ4v) is 5.08. The van der Waals surface area contributed by atoms with Gasteiger partial charge in [0.25, 0.3) is 0 Å². The monoisotopic (exact) mass is 407 g/mol. The molecule has 1 aromatic rings. The van der Waals surface area contributed by atoms with Crippen LogP contribution in [-0.2, 0) is 14.8 Å². The maximum absolute atomic E-state index is 12.9. The van der Waals surface area contributed by atoms with Gasteiger partial charge < -0.3 is 9.84 Å². The van der Waals surface area contributed by atoms with Crippen LogP contribution in [0.4, 0.5) is 0 Å². The number of unbranched alkanes of at least 4 members (excludes halogenated alkanes) is 1. The molecule has 2 rings (SSSR count). The molecular formula is C21H29NO5S. The molecule has 0 radical (unpaired) electrons. The summed E-state index contributed by atoms with van der Waals surface area (Å²) in [6.07, 6.45) is 4.78. The molecular weight excluding hydrogens is 378 g/mol. The Hall–Kier alpha value is -2.04. The molecule has 154 valence electrons. The molecule has 1 saturated carbocycles. The summed E-state index contributed by atoms with van der Waals surface area (Å²) in [5.41, 5.74) is -1.04. The molecule has 6 nitrogen and oxygen atoms in total. The zero-order valence-electron chi connectivity index (χ0n) is 16.5. The van der Waals surface area contributed by atoms with E-state index in [-0.39, 0.29) is 11.5 Å². The fourth-order valence-electron chi connectivity index (χ4n) is 3.73. The van der Waals surface area contributed by atoms with Gasteiger partial charge in [-0.1, -0.05) is 38.5 Å². The maximum atomic E-state index is 12.9. The van der Waals surface area contributed by atoms with Gasteiger partial charge in [-0.2, -0.15) is 0 Å². The van der Waals surface area contributed by atoms with Gasteiger partial charge in [0.2, 0.25) is 10.0 Å². The number of hydrogen-bond donors (Lipinski definition) is 2. The number of nitrogens with one attached hydrogen (secondary N) is 1. The van der Waals surface area contributed by atoms with E-state index in [1.807, 2.05) is 6.92 Å². The lowest BCUT2D eigenvalue weighted by Crippen LogP contribution is -2.53. The lowest BCUT2D eigenvalue weighted by atomic mass is 9.68. The Labute approximate surface area is 167 Å². The molecule has 1 aliphatic rings. The van der Waals surface area contributed by atoms with E-state index < -0.39 is 27.4 Å². The summed E-state index contributed by atoms with van der Waals surface area (Å²) in [6, 6.07) is 5.48. The normalized spacial score (nSPS) is 22.1. The molecule has 1 aromatic carbocycles. The van der Waals surface area contributed by atoms with Crippen LogP contribution in [0.15, 0.2) is 29.2 Å². The third-order valence-corrected chi connectivity index (χ3v) is 6.84. The van der Waals surface area contributed by atoms with E-state index >= 15 is 0 Å². The Bertz CT molecular complexity index is 823. The first-order valence-corrected chi connectivity index (χ1v) is 11.2. The van der Waals surface area contributed by atoms with Crippen LogP contribution >= 0.6 is 0 Å². The minimum absolute atomic E-state index is 0.0989. The SMILES string of the molecule is CC#CCOc1ccc(S(=O)(=O)N[C@@H]2CCCC[C@@]2(CCCC)C(=O)O)cc1. The second kappa shape index (κ2) is 9.94. The number of ether oxygens (including phenoxy) is 1. The van der Waals surface area contributed by atoms with Gasteiger partial charge in [-0.25, -0.2) is 13.1 Å². The summed E-state index contributed by atoms with van der Waals surface area (Å²) in [5, 5.41) is 9.93. The van der Waals surface area contributed by atoms with Crippen molar-refractivity contribution in [3.05, 3.63) is 24.3 Å². The topological polar surface area (TPSA) is 92.7 Å². The van der Waals surface area contributed by atoms with Crippen molar-refractivity contribution in [2.45, 2.75) is 69.7 Å². The molecule has 0 aliphatic heterocycles. The molecule has 0 heterocycles. The number of rotatable bonds is 9. The molecule has 0 bridgehead atoms. The van der Waals surface area contributed by atoms with E-state index in [9.17, 15) is 18.3 Å². The van der Waals surface area contributed by atoms with E-state index in [1.165, 1.54) is 12.1 Å². The molecule has 0 aromatic heterocycles. The number of benzene rings is 1. The number of carboxylic acid groups (broad SMARTS) is 1. The highest BCUT2D eigenvalue weighted by molar-refractivity contribution is 7.89. The van der Waals surface area contributed by atoms with Crippen LogP contribution in [-0.4, -0.2) is 32.1 Å². The average Bonchev–Trinajstić information content (AvgIpc) is 2.67. The first kappa shape index (κ1) is 22.3. The van der Waals surface area contributed by atoms with Gasteiger partial charge in [-0.15, -0.1) is 5.92 Å². The number of hydrogen-bond acceptors (Lipinski definition) is 4. The van der Waals surface area contributed by atoms with Crippen LogP contribution in [0.2, 0.25) is 0 Å². The maximum Gasteiger partial charge on any atom is 0.311 e. The van der Waals surface area contributed by atoms with Gasteiger partial charge in [0.15, 0.2) is 0 Å². The molecule has 0 unspecified atom stereocenters. The van der Waals surface area contributed by atoms with Crippen LogP contribution in [0, 0.1) is 17.3 Å². The van der Waals surface area contributed by atoms with Crippen molar-refractivity contribution in [2.24, 2.45) is 5.41 Å². The minimum atomic E-state index is -3.83. The van der Waals surface area contributed by atoms with E-state index in [4.69, 9.17) is 4.74 Å². The molecule has 1 fully saturated rings. The van der Waals surface area contributed by atoms with Crippen molar-refractivity contribution >= 4 is 16.0 Å². The zero-order chi connectivity index (χ0) is 20.6. The van der Waals surface area contributed by atoms with Crippen LogP contribution in [0.1, 0.15) is 58.8 Å². The van der Waals surface area contributed by atoms with Crippen molar-refractivity contribution in [1.82, 2.24) is 4.72 Å². The predicted octanol–water partition coefficient (Wildman–Crippen LogP) is 3.57. The van der Waals surface area contributed by atoms with E-state index in [0.717, 1.165) is 25.7 Å². The van der Waals surface area contributed by atoms with Crippen LogP contribution in [0.5, 0.6) is 5.75 Å². The van der Waals surface area contributed by atoms with Gasteiger partial charge in [-0.05, 0) is 50.5 Å². The molecule has 0 amide bonds. The Morgan fingerprint density at radius 1 is 1.32 bits per heavy atom. The van der Waals surface area contributed by atoms with Gasteiger partial charge in [0.05, 0.1) is 10.3 Å². The van der Waals surface area contributed by atoms with E-state index in [1.54, 1.807) is 19.1 Å². The van der Waals surface area contributed by atoms with Crippen molar-refractivity contribution in [1.29, 1.82) is 0 Å². The molecule has 2 atom stereocenters. The highest BCUT2D eigenvalue weighted by Gasteiger charge is 2.48. The van der Waals surface area contributed by atoms with Crippen molar-refractivity contribution in [2.75, 3.05) is 6.61 Å². The van der Waals surface area contributed by atoms with Gasteiger partial charge in [0.1, 0.15) is 12.4 Å². The van der Waals surface area contributed by atoms with Crippen molar-refractivity contribution < 1.29 is 23.1 Å². The summed E-state index contributed by atoms with van der Waals surface area (Å²) in [6.45, 7) is 3.96. The molecule has 28 heavy (non-hydrogen) atoms. The summed E-state index contributed by atoms with van der Waals surface area (Å²) < 4.78 is 33.9. The number of sulfonamides is 1. The lowest BCUT2D eigenvalue weighted by molar-refractivity contribution is -0.153. The molecule has 0 spiro atoms. The highest BCUT2D eigenvalue weighted by Crippen LogP contribution is 2.41. The largest absolute Gasteiger partial charge is 0.481 e. The van der Waals surface area contributed by atoms with Crippen molar-refractivity contribution in [3.8, 4) is 17.6 Å². The number of carboxylic acids is 1. The third-order valence-electron chi connectivity index (χ3n) is 5.35. The summed E-state index contributed by atoms with van der Waals surface area (Å²) >= 11 is 0. The summed E-state index contributed by atoms with van der Waals surface area (Å²) in [4.78, 5) is 12.2. The summed E-state index contributed by atoms with van der Waals surface area (Å²) in [7, 11) is -3.83. The van der Waals surface area contributed by atoms with Gasteiger partial charge >= 0.3 is 5.97 Å². The molecule has 1 aliphatic carbocycles. The number of carbonyl (C=O) groups is 1. The molecule has 2 N–H and O–H groups in total. The standard InChI is InChI=1S/C21H29NO5S/c1-3-5-14-21(20(23)24)15-8-7-9-19(21)22-28(25,26)18-12-10-17(11-13-18)27-16-6-4-2/h10-13,19,22H,3,5,7-9,14-16H2,1-2H3,(H,23,24)/t19-,21-/m1/s1. The number of aliphatic carboxylic acids is 1. The van der Waals surface area contributed by atoms with Crippen LogP contribution in [0.3, 0.4) is 0 Å². The molecule has 7 heteroatoms. The van der Waals surface area contributed by atoms with Crippen molar-refractivity contribution in [3.63, 3.8) is 0 Å². The second-order valence-electron chi connectivity index (χ2n) is 7.17. The van der Waals surface area contributed by atoms with Crippen LogP contribution < -0.4 is 9.46 Å². The van der Waals surface area contributed by atoms with E-state index in [0.29, 0.717) is 25.0 Å². The van der Waals surface area contributed by atoms with Gasteiger partial charge in [-0.3, -0.25) is 4.79 Å². The zero-order valence-corrected chi connectivity index (χ0v) is 17.3. The van der Waals surface area contributed by atoms with Crippen LogP contribution in [0.25, 0.3) is 0 Å². The predicted molar refractivity (Wildman–Crippen MR) is 108 cm³/mol. The van der Waals surface area contributed by atoms with Gasteiger partial charge in [0, 0.05) is 6.04 Å². The second-order valence-corrected chi connectivity index (χ2v) is 8.89. The Balaban J connectivity index is 2.20. The lowest BCUT2D eigenvalue weighted by Gasteiger charge is -2.41. The first-order valence-electron chi connectivity index (χ1n) is 9.74. The Kier molecular flexibility index (Phi) is 7.90. The Morgan fingerprint density at radius 2 is 2.04 bits per heavy atom. The summed E-state index contributed by atoms with van der Waals surface area (Å²) in [5.74, 6) is 5.12. The third kappa shape index (κ3) is 5.27. The Morgan fingerprint density at radius 3 is 2.64 bits per heavy atom. The minimum Gasteiger partial charge on any atom is -0.481 e. The average molecular weight is 408 g/mol. The molecule has 0 saturated heterocycles. The van der Waals surface area contributed by atoms with E-state index in [2.05, 4.69) is 16.6 Å². The smallest absolute Gasteiger partial charge is 0.311 e. The highest BCUT2D eigenvalue weighted by atomic mass is 32.2. The quantitative estimate of drug-likeness (QED) is 0.611.